The molecule has 0 radical (unpaired) electrons. The van der Waals surface area contributed by atoms with Crippen molar-refractivity contribution in [3.63, 3.8) is 0 Å². The highest BCUT2D eigenvalue weighted by atomic mass is 127. The maximum Gasteiger partial charge on any atom is 0.421 e. The summed E-state index contributed by atoms with van der Waals surface area (Å²) in [4.78, 5) is 7.94. The number of alkyl halides is 3. The van der Waals surface area contributed by atoms with Crippen LogP contribution in [0.1, 0.15) is 24.5 Å². The molecule has 0 saturated carbocycles. The van der Waals surface area contributed by atoms with Gasteiger partial charge in [-0.2, -0.15) is 18.2 Å². The molecule has 0 aliphatic rings. The van der Waals surface area contributed by atoms with Crippen LogP contribution in [0.4, 0.5) is 36.3 Å². The minimum absolute atomic E-state index is 0.0877. The fourth-order valence-corrected chi connectivity index (χ4v) is 3.02. The molecule has 3 aromatic rings. The zero-order valence-corrected chi connectivity index (χ0v) is 17.2. The monoisotopic (exact) mass is 498 g/mol. The van der Waals surface area contributed by atoms with E-state index in [1.165, 1.54) is 0 Å². The fraction of sp³-hybridized carbons (Fsp3) is 0.200. The number of hydrogen-bond acceptors (Lipinski definition) is 4. The SMILES string of the molecule is CCCc1ccccc1Nc1nc(Nc2ccc(I)cc2)ncc1C(F)(F)F. The topological polar surface area (TPSA) is 49.8 Å². The molecule has 2 N–H and O–H groups in total. The Hall–Kier alpha value is -2.36. The maximum absolute atomic E-state index is 13.5. The molecule has 0 saturated heterocycles. The zero-order valence-electron chi connectivity index (χ0n) is 15.0. The number of halogens is 4. The molecule has 2 aromatic carbocycles. The van der Waals surface area contributed by atoms with E-state index in [9.17, 15) is 13.2 Å². The Morgan fingerprint density at radius 1 is 1.00 bits per heavy atom. The van der Waals surface area contributed by atoms with Crippen molar-refractivity contribution in [1.29, 1.82) is 0 Å². The highest BCUT2D eigenvalue weighted by molar-refractivity contribution is 14.1. The van der Waals surface area contributed by atoms with E-state index in [1.54, 1.807) is 12.1 Å². The highest BCUT2D eigenvalue weighted by Gasteiger charge is 2.35. The van der Waals surface area contributed by atoms with Gasteiger partial charge in [-0.3, -0.25) is 0 Å². The van der Waals surface area contributed by atoms with Crippen molar-refractivity contribution in [3.8, 4) is 0 Å². The van der Waals surface area contributed by atoms with E-state index in [4.69, 9.17) is 0 Å². The van der Waals surface area contributed by atoms with Crippen LogP contribution in [0.25, 0.3) is 0 Å². The minimum Gasteiger partial charge on any atom is -0.339 e. The molecule has 3 rings (SSSR count). The second-order valence-corrected chi connectivity index (χ2v) is 7.36. The van der Waals surface area contributed by atoms with Crippen LogP contribution in [0.5, 0.6) is 0 Å². The number of benzene rings is 2. The smallest absolute Gasteiger partial charge is 0.339 e. The van der Waals surface area contributed by atoms with Crippen LogP contribution < -0.4 is 10.6 Å². The Morgan fingerprint density at radius 2 is 1.71 bits per heavy atom. The summed E-state index contributed by atoms with van der Waals surface area (Å²) in [6.07, 6.45) is -2.13. The van der Waals surface area contributed by atoms with Crippen LogP contribution in [-0.4, -0.2) is 9.97 Å². The minimum atomic E-state index is -4.57. The van der Waals surface area contributed by atoms with Crippen molar-refractivity contribution >= 4 is 45.7 Å². The predicted octanol–water partition coefficient (Wildman–Crippen LogP) is 6.54. The van der Waals surface area contributed by atoms with Crippen molar-refractivity contribution < 1.29 is 13.2 Å². The summed E-state index contributed by atoms with van der Waals surface area (Å²) in [5.74, 6) is -0.191. The number of aromatic nitrogens is 2. The lowest BCUT2D eigenvalue weighted by atomic mass is 10.1. The van der Waals surface area contributed by atoms with Gasteiger partial charge in [0.25, 0.3) is 0 Å². The van der Waals surface area contributed by atoms with Crippen LogP contribution >= 0.6 is 22.6 Å². The molecule has 0 spiro atoms. The van der Waals surface area contributed by atoms with E-state index < -0.39 is 11.7 Å². The molecule has 0 fully saturated rings. The standard InChI is InChI=1S/C20H18F3IN4/c1-2-5-13-6-3-4-7-17(13)27-18-16(20(21,22)23)12-25-19(28-18)26-15-10-8-14(24)9-11-15/h3-4,6-12H,2,5H2,1H3,(H2,25,26,27,28). The number of rotatable bonds is 6. The second-order valence-electron chi connectivity index (χ2n) is 6.12. The molecule has 0 aliphatic heterocycles. The van der Waals surface area contributed by atoms with Gasteiger partial charge < -0.3 is 10.6 Å². The summed E-state index contributed by atoms with van der Waals surface area (Å²) in [5.41, 5.74) is 1.32. The van der Waals surface area contributed by atoms with Gasteiger partial charge in [-0.15, -0.1) is 0 Å². The lowest BCUT2D eigenvalue weighted by molar-refractivity contribution is -0.137. The van der Waals surface area contributed by atoms with Gasteiger partial charge in [-0.1, -0.05) is 31.5 Å². The predicted molar refractivity (Wildman–Crippen MR) is 113 cm³/mol. The van der Waals surface area contributed by atoms with Gasteiger partial charge in [0.05, 0.1) is 0 Å². The number of hydrogen-bond donors (Lipinski definition) is 2. The Morgan fingerprint density at radius 3 is 2.39 bits per heavy atom. The average molecular weight is 498 g/mol. The van der Waals surface area contributed by atoms with Crippen molar-refractivity contribution in [2.24, 2.45) is 0 Å². The summed E-state index contributed by atoms with van der Waals surface area (Å²) in [6.45, 7) is 2.02. The Labute approximate surface area is 174 Å². The number of nitrogens with one attached hydrogen (secondary N) is 2. The lowest BCUT2D eigenvalue weighted by Crippen LogP contribution is -2.13. The van der Waals surface area contributed by atoms with Gasteiger partial charge in [0, 0.05) is 21.1 Å². The quantitative estimate of drug-likeness (QED) is 0.379. The molecular weight excluding hydrogens is 480 g/mol. The van der Waals surface area contributed by atoms with Gasteiger partial charge in [0.2, 0.25) is 5.95 Å². The number of para-hydroxylation sites is 1. The number of aryl methyl sites for hydroxylation is 1. The summed E-state index contributed by atoms with van der Waals surface area (Å²) in [7, 11) is 0. The van der Waals surface area contributed by atoms with Crippen LogP contribution in [0.15, 0.2) is 54.7 Å². The van der Waals surface area contributed by atoms with Crippen molar-refractivity contribution in [1.82, 2.24) is 9.97 Å². The van der Waals surface area contributed by atoms with E-state index >= 15 is 0 Å². The van der Waals surface area contributed by atoms with Crippen molar-refractivity contribution in [2.75, 3.05) is 10.6 Å². The molecule has 146 valence electrons. The van der Waals surface area contributed by atoms with E-state index in [1.807, 2.05) is 43.3 Å². The van der Waals surface area contributed by atoms with E-state index in [0.717, 1.165) is 28.2 Å². The third-order valence-electron chi connectivity index (χ3n) is 3.98. The van der Waals surface area contributed by atoms with Crippen LogP contribution in [0.2, 0.25) is 0 Å². The zero-order chi connectivity index (χ0) is 20.1. The van der Waals surface area contributed by atoms with E-state index in [-0.39, 0.29) is 11.8 Å². The summed E-state index contributed by atoms with van der Waals surface area (Å²) in [6, 6.07) is 14.7. The van der Waals surface area contributed by atoms with Gasteiger partial charge >= 0.3 is 6.18 Å². The highest BCUT2D eigenvalue weighted by Crippen LogP contribution is 2.36. The van der Waals surface area contributed by atoms with Crippen LogP contribution in [-0.2, 0) is 12.6 Å². The molecule has 0 atom stereocenters. The van der Waals surface area contributed by atoms with E-state index in [0.29, 0.717) is 11.4 Å². The van der Waals surface area contributed by atoms with Crippen molar-refractivity contribution in [2.45, 2.75) is 25.9 Å². The number of anilines is 4. The summed E-state index contributed by atoms with van der Waals surface area (Å²) >= 11 is 2.17. The molecule has 28 heavy (non-hydrogen) atoms. The third-order valence-corrected chi connectivity index (χ3v) is 4.70. The molecule has 0 bridgehead atoms. The Kier molecular flexibility index (Phi) is 6.38. The first kappa shape index (κ1) is 20.4. The molecule has 0 unspecified atom stereocenters. The van der Waals surface area contributed by atoms with Gasteiger partial charge in [-0.25, -0.2) is 4.98 Å². The summed E-state index contributed by atoms with van der Waals surface area (Å²) in [5, 5.41) is 5.80. The van der Waals surface area contributed by atoms with Gasteiger partial charge in [0.15, 0.2) is 0 Å². The number of nitrogens with zero attached hydrogens (tertiary/aromatic N) is 2. The second kappa shape index (κ2) is 8.76. The molecule has 1 aromatic heterocycles. The Balaban J connectivity index is 1.96. The normalized spacial score (nSPS) is 11.3. The molecule has 4 nitrogen and oxygen atoms in total. The molecule has 8 heteroatoms. The first-order chi connectivity index (χ1) is 13.4. The fourth-order valence-electron chi connectivity index (χ4n) is 2.66. The van der Waals surface area contributed by atoms with Gasteiger partial charge in [0.1, 0.15) is 11.4 Å². The molecule has 1 heterocycles. The molecular formula is C20H18F3IN4. The molecule has 0 aliphatic carbocycles. The van der Waals surface area contributed by atoms with Crippen LogP contribution in [0, 0.1) is 3.57 Å². The third kappa shape index (κ3) is 5.12. The maximum atomic E-state index is 13.5. The molecule has 0 amide bonds. The first-order valence-electron chi connectivity index (χ1n) is 8.68. The lowest BCUT2D eigenvalue weighted by Gasteiger charge is -2.16. The summed E-state index contributed by atoms with van der Waals surface area (Å²) < 4.78 is 41.4. The van der Waals surface area contributed by atoms with E-state index in [2.05, 4.69) is 43.2 Å². The average Bonchev–Trinajstić information content (AvgIpc) is 2.65. The first-order valence-corrected chi connectivity index (χ1v) is 9.76. The Bertz CT molecular complexity index is 943. The van der Waals surface area contributed by atoms with Crippen molar-refractivity contribution in [3.05, 3.63) is 69.4 Å². The largest absolute Gasteiger partial charge is 0.421 e. The van der Waals surface area contributed by atoms with Gasteiger partial charge in [-0.05, 0) is 64.9 Å². The van der Waals surface area contributed by atoms with Crippen LogP contribution in [0.3, 0.4) is 0 Å².